The fraction of sp³-hybridized carbons (Fsp3) is 0.500. The van der Waals surface area contributed by atoms with Crippen LogP contribution >= 0.6 is 0 Å². The van der Waals surface area contributed by atoms with Crippen LogP contribution in [0.4, 0.5) is 45.2 Å². The van der Waals surface area contributed by atoms with E-state index in [4.69, 9.17) is 0 Å². The lowest BCUT2D eigenvalue weighted by Crippen LogP contribution is -2.46. The number of carbonyl (C=O) groups is 1. The van der Waals surface area contributed by atoms with E-state index in [1.807, 2.05) is 0 Å². The highest BCUT2D eigenvalue weighted by Gasteiger charge is 2.37. The zero-order valence-corrected chi connectivity index (χ0v) is 23.2. The van der Waals surface area contributed by atoms with Crippen LogP contribution in [0.3, 0.4) is 0 Å². The van der Waals surface area contributed by atoms with Gasteiger partial charge in [-0.15, -0.1) is 5.11 Å². The molecule has 2 rings (SSSR count). The topological polar surface area (TPSA) is 72.3 Å². The van der Waals surface area contributed by atoms with Gasteiger partial charge in [0.05, 0.1) is 16.7 Å². The van der Waals surface area contributed by atoms with Gasteiger partial charge in [0, 0.05) is 25.3 Å². The monoisotopic (exact) mass is 614 g/mol. The molecule has 1 heterocycles. The van der Waals surface area contributed by atoms with Crippen LogP contribution < -0.4 is 15.9 Å². The van der Waals surface area contributed by atoms with E-state index in [2.05, 4.69) is 21.3 Å². The van der Waals surface area contributed by atoms with Crippen molar-refractivity contribution in [1.82, 2.24) is 15.9 Å². The molecule has 1 aromatic carbocycles. The summed E-state index contributed by atoms with van der Waals surface area (Å²) in [6.45, 7) is 5.30. The summed E-state index contributed by atoms with van der Waals surface area (Å²) >= 11 is 0. The summed E-state index contributed by atoms with van der Waals surface area (Å²) in [7, 11) is 0. The predicted octanol–water partition coefficient (Wildman–Crippen LogP) is 7.07. The van der Waals surface area contributed by atoms with E-state index < -0.39 is 41.5 Å². The number of hydrogen-bond acceptors (Lipinski definition) is 6. The number of amides is 1. The highest BCUT2D eigenvalue weighted by molar-refractivity contribution is 5.77. The van der Waals surface area contributed by atoms with Crippen molar-refractivity contribution in [2.75, 3.05) is 24.5 Å². The number of hydrogen-bond donors (Lipinski definition) is 2. The summed E-state index contributed by atoms with van der Waals surface area (Å²) in [6.07, 6.45) is -13.2. The van der Waals surface area contributed by atoms with Crippen molar-refractivity contribution in [3.8, 4) is 0 Å². The van der Waals surface area contributed by atoms with Crippen LogP contribution in [0.5, 0.6) is 0 Å². The molecule has 0 aromatic heterocycles. The molecule has 0 aliphatic carbocycles. The number of unbranched alkanes of at least 4 members (excludes halogenated alkanes) is 1. The Morgan fingerprint density at radius 2 is 1.55 bits per heavy atom. The summed E-state index contributed by atoms with van der Waals surface area (Å²) in [6, 6.07) is 2.25. The summed E-state index contributed by atoms with van der Waals surface area (Å²) in [4.78, 5) is 14.5. The Kier molecular flexibility index (Phi) is 11.7. The quantitative estimate of drug-likeness (QED) is 0.114. The van der Waals surface area contributed by atoms with Crippen LogP contribution in [-0.2, 0) is 11.0 Å². The Morgan fingerprint density at radius 3 is 2.05 bits per heavy atom. The SMILES string of the molecule is C\C=C(/C=C(\C=C(/C)CN(CCCCN(C=O)c1cc(C(F)(F)F)c(C)cc1C)C1N=NNN1)C(F)(F)F)C(F)(F)F. The van der Waals surface area contributed by atoms with E-state index in [9.17, 15) is 44.3 Å². The second kappa shape index (κ2) is 14.2. The first-order valence-corrected chi connectivity index (χ1v) is 12.6. The van der Waals surface area contributed by atoms with Gasteiger partial charge in [0.2, 0.25) is 6.41 Å². The number of halogens is 9. The number of anilines is 1. The Morgan fingerprint density at radius 1 is 0.929 bits per heavy atom. The van der Waals surface area contributed by atoms with Crippen LogP contribution in [0, 0.1) is 13.8 Å². The fourth-order valence-electron chi connectivity index (χ4n) is 4.27. The molecule has 7 nitrogen and oxygen atoms in total. The molecule has 1 aliphatic heterocycles. The van der Waals surface area contributed by atoms with Crippen LogP contribution in [0.2, 0.25) is 0 Å². The number of nitrogens with one attached hydrogen (secondary N) is 2. The Hall–Kier alpha value is -3.40. The summed E-state index contributed by atoms with van der Waals surface area (Å²) in [5.41, 5.74) is 1.92. The number of alkyl halides is 9. The van der Waals surface area contributed by atoms with Gasteiger partial charge in [0.15, 0.2) is 6.29 Å². The Labute approximate surface area is 236 Å². The van der Waals surface area contributed by atoms with Crippen molar-refractivity contribution in [3.63, 3.8) is 0 Å². The molecule has 1 aliphatic rings. The van der Waals surface area contributed by atoms with Gasteiger partial charge in [-0.3, -0.25) is 9.69 Å². The average Bonchev–Trinajstić information content (AvgIpc) is 3.39. The highest BCUT2D eigenvalue weighted by atomic mass is 19.4. The highest BCUT2D eigenvalue weighted by Crippen LogP contribution is 2.36. The largest absolute Gasteiger partial charge is 0.416 e. The molecule has 1 amide bonds. The normalized spacial score (nSPS) is 17.2. The molecule has 16 heteroatoms. The molecule has 2 N–H and O–H groups in total. The number of carbonyl (C=O) groups excluding carboxylic acids is 1. The zero-order valence-electron chi connectivity index (χ0n) is 23.2. The number of hydrazine groups is 1. The van der Waals surface area contributed by atoms with Gasteiger partial charge in [-0.25, -0.2) is 5.53 Å². The molecule has 0 fully saturated rings. The lowest BCUT2D eigenvalue weighted by Gasteiger charge is -2.27. The third-order valence-electron chi connectivity index (χ3n) is 6.27. The van der Waals surface area contributed by atoms with Gasteiger partial charge in [0.1, 0.15) is 0 Å². The molecule has 0 saturated heterocycles. The minimum absolute atomic E-state index is 0.0179. The van der Waals surface area contributed by atoms with Crippen LogP contribution in [0.25, 0.3) is 0 Å². The van der Waals surface area contributed by atoms with Crippen molar-refractivity contribution in [2.45, 2.75) is 65.4 Å². The minimum atomic E-state index is -5.06. The molecule has 0 saturated carbocycles. The van der Waals surface area contributed by atoms with Crippen LogP contribution in [-0.4, -0.2) is 49.6 Å². The molecule has 0 spiro atoms. The van der Waals surface area contributed by atoms with Gasteiger partial charge in [-0.2, -0.15) is 44.9 Å². The van der Waals surface area contributed by atoms with E-state index >= 15 is 0 Å². The van der Waals surface area contributed by atoms with E-state index in [-0.39, 0.29) is 42.5 Å². The first-order chi connectivity index (χ1) is 19.4. The number of nitrogens with zero attached hydrogens (tertiary/aromatic N) is 4. The fourth-order valence-corrected chi connectivity index (χ4v) is 4.27. The van der Waals surface area contributed by atoms with Crippen molar-refractivity contribution in [3.05, 3.63) is 63.8 Å². The van der Waals surface area contributed by atoms with Gasteiger partial charge in [-0.1, -0.05) is 22.9 Å². The molecule has 1 atom stereocenters. The minimum Gasteiger partial charge on any atom is -0.315 e. The van der Waals surface area contributed by atoms with Crippen molar-refractivity contribution < 1.29 is 44.3 Å². The Balaban J connectivity index is 2.18. The zero-order chi connectivity index (χ0) is 31.9. The number of rotatable bonds is 12. The number of benzene rings is 1. The first-order valence-electron chi connectivity index (χ1n) is 12.6. The summed E-state index contributed by atoms with van der Waals surface area (Å²) in [5, 5.41) is 7.43. The maximum absolute atomic E-state index is 13.6. The van der Waals surface area contributed by atoms with E-state index in [0.29, 0.717) is 37.0 Å². The molecule has 1 unspecified atom stereocenters. The molecule has 234 valence electrons. The second-order valence-electron chi connectivity index (χ2n) is 9.60. The van der Waals surface area contributed by atoms with Crippen molar-refractivity contribution in [1.29, 1.82) is 0 Å². The lowest BCUT2D eigenvalue weighted by molar-refractivity contribution is -0.138. The summed E-state index contributed by atoms with van der Waals surface area (Å²) in [5.74, 6) is 0. The standard InChI is InChI=1S/C26H31F9N6O/c1-5-19(24(27,28)29)12-20(25(30,31)32)10-16(2)14-40(23-36-38-39-37-23)8-6-7-9-41(15-42)22-13-21(26(33,34)35)17(3)11-18(22)4/h5,10-13,15,23H,6-9,14H2,1-4H3,(H,36,39)(H,37,38)/b16-10+,19-5+,20-12+. The summed E-state index contributed by atoms with van der Waals surface area (Å²) < 4.78 is 120. The maximum Gasteiger partial charge on any atom is 0.416 e. The third-order valence-corrected chi connectivity index (χ3v) is 6.27. The first kappa shape index (κ1) is 34.8. The second-order valence-corrected chi connectivity index (χ2v) is 9.60. The number of aryl methyl sites for hydroxylation is 2. The van der Waals surface area contributed by atoms with Gasteiger partial charge in [0.25, 0.3) is 0 Å². The van der Waals surface area contributed by atoms with Gasteiger partial charge >= 0.3 is 18.5 Å². The molecule has 0 radical (unpaired) electrons. The van der Waals surface area contributed by atoms with E-state index in [1.54, 1.807) is 11.8 Å². The maximum atomic E-state index is 13.6. The van der Waals surface area contributed by atoms with E-state index in [0.717, 1.165) is 17.9 Å². The van der Waals surface area contributed by atoms with Gasteiger partial charge in [-0.05, 0) is 69.9 Å². The van der Waals surface area contributed by atoms with Gasteiger partial charge < -0.3 is 4.90 Å². The molecular weight excluding hydrogens is 583 g/mol. The van der Waals surface area contributed by atoms with Crippen LogP contribution in [0.1, 0.15) is 43.4 Å². The predicted molar refractivity (Wildman–Crippen MR) is 138 cm³/mol. The average molecular weight is 615 g/mol. The smallest absolute Gasteiger partial charge is 0.315 e. The van der Waals surface area contributed by atoms with Crippen molar-refractivity contribution in [2.24, 2.45) is 10.3 Å². The van der Waals surface area contributed by atoms with Crippen LogP contribution in [0.15, 0.2) is 57.4 Å². The molecule has 0 bridgehead atoms. The number of allylic oxidation sites excluding steroid dienone is 5. The molecular formula is C26H31F9N6O. The molecule has 42 heavy (non-hydrogen) atoms. The van der Waals surface area contributed by atoms with Crippen molar-refractivity contribution >= 4 is 12.1 Å². The molecule has 1 aromatic rings. The lowest BCUT2D eigenvalue weighted by atomic mass is 10.0. The third kappa shape index (κ3) is 9.86. The Bertz CT molecular complexity index is 1220. The van der Waals surface area contributed by atoms with E-state index in [1.165, 1.54) is 19.9 Å².